The highest BCUT2D eigenvalue weighted by molar-refractivity contribution is 7.80. The first-order valence-corrected chi connectivity index (χ1v) is 5.75. The van der Waals surface area contributed by atoms with E-state index in [4.69, 9.17) is 18.0 Å². The predicted molar refractivity (Wildman–Crippen MR) is 67.8 cm³/mol. The quantitative estimate of drug-likeness (QED) is 0.648. The molecule has 4 nitrogen and oxygen atoms in total. The van der Waals surface area contributed by atoms with Crippen molar-refractivity contribution in [3.05, 3.63) is 35.4 Å². The molecule has 0 radical (unpaired) electrons. The highest BCUT2D eigenvalue weighted by atomic mass is 32.1. The minimum Gasteiger partial charge on any atom is -0.392 e. The van der Waals surface area contributed by atoms with Crippen LogP contribution in [0.4, 0.5) is 0 Å². The van der Waals surface area contributed by atoms with E-state index in [2.05, 4.69) is 0 Å². The summed E-state index contributed by atoms with van der Waals surface area (Å²) in [6, 6.07) is 6.24. The molecule has 1 aliphatic rings. The third-order valence-corrected chi connectivity index (χ3v) is 3.12. The monoisotopic (exact) mass is 248 g/mol. The van der Waals surface area contributed by atoms with Gasteiger partial charge in [-0.25, -0.2) is 0 Å². The largest absolute Gasteiger partial charge is 0.392 e. The summed E-state index contributed by atoms with van der Waals surface area (Å²) >= 11 is 4.90. The van der Waals surface area contributed by atoms with E-state index in [0.29, 0.717) is 17.5 Å². The maximum Gasteiger partial charge on any atom is 0.262 e. The first kappa shape index (κ1) is 11.7. The Morgan fingerprint density at radius 1 is 1.29 bits per heavy atom. The van der Waals surface area contributed by atoms with Crippen LogP contribution in [-0.4, -0.2) is 27.7 Å². The molecule has 0 bridgehead atoms. The summed E-state index contributed by atoms with van der Waals surface area (Å²) in [5, 5.41) is 0. The molecular formula is C12H12N2O2S. The van der Waals surface area contributed by atoms with Gasteiger partial charge in [0.2, 0.25) is 0 Å². The van der Waals surface area contributed by atoms with Crippen molar-refractivity contribution in [2.75, 3.05) is 0 Å². The van der Waals surface area contributed by atoms with Crippen molar-refractivity contribution in [2.24, 2.45) is 5.73 Å². The van der Waals surface area contributed by atoms with E-state index < -0.39 is 6.04 Å². The molecule has 0 spiro atoms. The summed E-state index contributed by atoms with van der Waals surface area (Å²) in [5.74, 6) is -0.629. The number of fused-ring (bicyclic) bond motifs is 1. The summed E-state index contributed by atoms with van der Waals surface area (Å²) in [7, 11) is 0. The van der Waals surface area contributed by atoms with Crippen LogP contribution >= 0.6 is 12.2 Å². The lowest BCUT2D eigenvalue weighted by molar-refractivity contribution is 0.0624. The SMILES string of the molecule is CCC(C(N)=S)N1C(=O)c2ccccc2C1=O. The number of hydrogen-bond acceptors (Lipinski definition) is 3. The van der Waals surface area contributed by atoms with Crippen molar-refractivity contribution in [3.63, 3.8) is 0 Å². The molecule has 1 unspecified atom stereocenters. The van der Waals surface area contributed by atoms with Crippen LogP contribution in [0.1, 0.15) is 34.1 Å². The fourth-order valence-electron chi connectivity index (χ4n) is 2.00. The Balaban J connectivity index is 2.46. The fourth-order valence-corrected chi connectivity index (χ4v) is 2.27. The van der Waals surface area contributed by atoms with Gasteiger partial charge < -0.3 is 5.73 Å². The lowest BCUT2D eigenvalue weighted by Gasteiger charge is -2.23. The Morgan fingerprint density at radius 3 is 2.12 bits per heavy atom. The number of carbonyl (C=O) groups is 2. The summed E-state index contributed by atoms with van der Waals surface area (Å²) in [5.41, 5.74) is 6.42. The van der Waals surface area contributed by atoms with Crippen LogP contribution in [0.3, 0.4) is 0 Å². The van der Waals surface area contributed by atoms with Crippen molar-refractivity contribution >= 4 is 29.0 Å². The van der Waals surface area contributed by atoms with Crippen LogP contribution in [0, 0.1) is 0 Å². The number of benzene rings is 1. The average Bonchev–Trinajstić information content (AvgIpc) is 2.56. The number of nitrogens with zero attached hydrogens (tertiary/aromatic N) is 1. The van der Waals surface area contributed by atoms with E-state index in [1.807, 2.05) is 6.92 Å². The maximum atomic E-state index is 12.1. The molecule has 0 aromatic heterocycles. The van der Waals surface area contributed by atoms with Crippen LogP contribution in [0.5, 0.6) is 0 Å². The van der Waals surface area contributed by atoms with Crippen LogP contribution in [0.2, 0.25) is 0 Å². The molecule has 1 aromatic rings. The van der Waals surface area contributed by atoms with Gasteiger partial charge in [0.1, 0.15) is 0 Å². The number of imide groups is 1. The lowest BCUT2D eigenvalue weighted by Crippen LogP contribution is -2.46. The van der Waals surface area contributed by atoms with Crippen molar-refractivity contribution in [1.29, 1.82) is 0 Å². The van der Waals surface area contributed by atoms with E-state index in [0.717, 1.165) is 4.90 Å². The van der Waals surface area contributed by atoms with Crippen LogP contribution in [0.15, 0.2) is 24.3 Å². The van der Waals surface area contributed by atoms with Crippen molar-refractivity contribution < 1.29 is 9.59 Å². The van der Waals surface area contributed by atoms with Crippen molar-refractivity contribution in [2.45, 2.75) is 19.4 Å². The average molecular weight is 248 g/mol. The lowest BCUT2D eigenvalue weighted by atomic mass is 10.1. The Kier molecular flexibility index (Phi) is 2.93. The maximum absolute atomic E-state index is 12.1. The molecule has 0 fully saturated rings. The highest BCUT2D eigenvalue weighted by Gasteiger charge is 2.39. The number of rotatable bonds is 3. The number of nitrogens with two attached hydrogens (primary N) is 1. The third-order valence-electron chi connectivity index (χ3n) is 2.85. The summed E-state index contributed by atoms with van der Waals surface area (Å²) in [4.78, 5) is 25.5. The zero-order chi connectivity index (χ0) is 12.6. The van der Waals surface area contributed by atoms with Crippen LogP contribution < -0.4 is 5.73 Å². The van der Waals surface area contributed by atoms with E-state index in [9.17, 15) is 9.59 Å². The van der Waals surface area contributed by atoms with Crippen LogP contribution in [0.25, 0.3) is 0 Å². The summed E-state index contributed by atoms with van der Waals surface area (Å²) < 4.78 is 0. The standard InChI is InChI=1S/C12H12N2O2S/c1-2-9(10(13)17)14-11(15)7-5-3-4-6-8(7)12(14)16/h3-6,9H,2H2,1H3,(H2,13,17). The molecule has 5 heteroatoms. The van der Waals surface area contributed by atoms with E-state index >= 15 is 0 Å². The van der Waals surface area contributed by atoms with Gasteiger partial charge in [0.25, 0.3) is 11.8 Å². The zero-order valence-corrected chi connectivity index (χ0v) is 10.2. The van der Waals surface area contributed by atoms with Gasteiger partial charge in [-0.1, -0.05) is 31.3 Å². The van der Waals surface area contributed by atoms with Gasteiger partial charge in [-0.15, -0.1) is 0 Å². The van der Waals surface area contributed by atoms with Crippen molar-refractivity contribution in [3.8, 4) is 0 Å². The second-order valence-corrected chi connectivity index (χ2v) is 4.32. The topological polar surface area (TPSA) is 63.4 Å². The molecule has 1 aromatic carbocycles. The van der Waals surface area contributed by atoms with Gasteiger partial charge in [-0.2, -0.15) is 0 Å². The van der Waals surface area contributed by atoms with E-state index in [-0.39, 0.29) is 16.8 Å². The van der Waals surface area contributed by atoms with Gasteiger partial charge >= 0.3 is 0 Å². The first-order valence-electron chi connectivity index (χ1n) is 5.34. The van der Waals surface area contributed by atoms with Gasteiger partial charge in [0.05, 0.1) is 22.2 Å². The number of amides is 2. The Morgan fingerprint density at radius 2 is 1.76 bits per heavy atom. The number of thiocarbonyl (C=S) groups is 1. The Hall–Kier alpha value is -1.75. The van der Waals surface area contributed by atoms with Gasteiger partial charge in [-0.3, -0.25) is 14.5 Å². The highest BCUT2D eigenvalue weighted by Crippen LogP contribution is 2.25. The second kappa shape index (κ2) is 4.25. The minimum atomic E-state index is -0.502. The van der Waals surface area contributed by atoms with Gasteiger partial charge in [-0.05, 0) is 18.6 Å². The summed E-state index contributed by atoms with van der Waals surface area (Å²) in [6.45, 7) is 1.84. The van der Waals surface area contributed by atoms with Gasteiger partial charge in [0.15, 0.2) is 0 Å². The molecule has 0 saturated heterocycles. The number of carbonyl (C=O) groups excluding carboxylic acids is 2. The van der Waals surface area contributed by atoms with Crippen LogP contribution in [-0.2, 0) is 0 Å². The second-order valence-electron chi connectivity index (χ2n) is 3.85. The molecule has 17 heavy (non-hydrogen) atoms. The molecule has 0 aliphatic carbocycles. The molecule has 2 amide bonds. The van der Waals surface area contributed by atoms with E-state index in [1.54, 1.807) is 24.3 Å². The fraction of sp³-hybridized carbons (Fsp3) is 0.250. The van der Waals surface area contributed by atoms with Gasteiger partial charge in [0, 0.05) is 0 Å². The minimum absolute atomic E-state index is 0.169. The molecule has 1 aliphatic heterocycles. The third kappa shape index (κ3) is 1.72. The molecule has 1 heterocycles. The molecule has 88 valence electrons. The number of hydrogen-bond donors (Lipinski definition) is 1. The molecule has 0 saturated carbocycles. The normalized spacial score (nSPS) is 15.9. The molecule has 1 atom stereocenters. The molecule has 2 rings (SSSR count). The smallest absolute Gasteiger partial charge is 0.262 e. The molecule has 2 N–H and O–H groups in total. The summed E-state index contributed by atoms with van der Waals surface area (Å²) in [6.07, 6.45) is 0.529. The Labute approximate surface area is 104 Å². The van der Waals surface area contributed by atoms with Crippen molar-refractivity contribution in [1.82, 2.24) is 4.90 Å². The van der Waals surface area contributed by atoms with E-state index in [1.165, 1.54) is 0 Å². The molecular weight excluding hydrogens is 236 g/mol. The first-order chi connectivity index (χ1) is 8.07. The predicted octanol–water partition coefficient (Wildman–Crippen LogP) is 1.35. The zero-order valence-electron chi connectivity index (χ0n) is 9.34. The Bertz CT molecular complexity index is 478.